The molecule has 1 aromatic rings. The molecule has 1 aliphatic rings. The van der Waals surface area contributed by atoms with E-state index in [4.69, 9.17) is 5.11 Å². The minimum Gasteiger partial charge on any atom is -0.478 e. The van der Waals surface area contributed by atoms with E-state index >= 15 is 0 Å². The summed E-state index contributed by atoms with van der Waals surface area (Å²) in [6.07, 6.45) is 6.60. The van der Waals surface area contributed by atoms with Gasteiger partial charge in [-0.2, -0.15) is 0 Å². The summed E-state index contributed by atoms with van der Waals surface area (Å²) in [5, 5.41) is 8.84. The van der Waals surface area contributed by atoms with Gasteiger partial charge in [-0.3, -0.25) is 9.88 Å². The van der Waals surface area contributed by atoms with E-state index in [1.165, 1.54) is 31.9 Å². The number of aromatic carboxylic acids is 1. The van der Waals surface area contributed by atoms with E-state index in [-0.39, 0.29) is 5.56 Å². The van der Waals surface area contributed by atoms with E-state index < -0.39 is 5.97 Å². The molecule has 1 fully saturated rings. The molecule has 1 N–H and O–H groups in total. The van der Waals surface area contributed by atoms with Gasteiger partial charge in [0.1, 0.15) is 0 Å². The molecule has 2 unspecified atom stereocenters. The monoisotopic (exact) mass is 262 g/mol. The van der Waals surface area contributed by atoms with Crippen LogP contribution in [0.3, 0.4) is 0 Å². The van der Waals surface area contributed by atoms with Crippen LogP contribution in [-0.4, -0.2) is 34.0 Å². The Bertz CT molecular complexity index is 430. The third kappa shape index (κ3) is 3.77. The lowest BCUT2D eigenvalue weighted by atomic mass is 9.86. The molecule has 1 aliphatic carbocycles. The summed E-state index contributed by atoms with van der Waals surface area (Å²) >= 11 is 0. The zero-order valence-electron chi connectivity index (χ0n) is 11.7. The first-order valence-electron chi connectivity index (χ1n) is 6.94. The highest BCUT2D eigenvalue weighted by molar-refractivity contribution is 5.87. The number of hydrogen-bond donors (Lipinski definition) is 1. The molecule has 2 atom stereocenters. The molecule has 0 aliphatic heterocycles. The first-order chi connectivity index (χ1) is 9.06. The first kappa shape index (κ1) is 14.0. The van der Waals surface area contributed by atoms with E-state index in [0.29, 0.717) is 6.04 Å². The molecule has 0 spiro atoms. The van der Waals surface area contributed by atoms with Crippen molar-refractivity contribution in [2.45, 2.75) is 45.2 Å². The number of carbonyl (C=O) groups is 1. The number of carboxylic acids is 1. The molecule has 0 amide bonds. The number of nitrogens with zero attached hydrogens (tertiary/aromatic N) is 2. The van der Waals surface area contributed by atoms with E-state index in [9.17, 15) is 4.79 Å². The largest absolute Gasteiger partial charge is 0.478 e. The van der Waals surface area contributed by atoms with Crippen LogP contribution in [0.5, 0.6) is 0 Å². The second-order valence-corrected chi connectivity index (χ2v) is 5.68. The molecule has 0 aromatic carbocycles. The van der Waals surface area contributed by atoms with Gasteiger partial charge in [0, 0.05) is 18.8 Å². The fourth-order valence-corrected chi connectivity index (χ4v) is 2.83. The molecule has 0 radical (unpaired) electrons. The molecule has 4 heteroatoms. The molecule has 1 heterocycles. The molecular weight excluding hydrogens is 240 g/mol. The summed E-state index contributed by atoms with van der Waals surface area (Å²) in [4.78, 5) is 17.3. The van der Waals surface area contributed by atoms with Gasteiger partial charge >= 0.3 is 5.97 Å². The summed E-state index contributed by atoms with van der Waals surface area (Å²) in [5.41, 5.74) is 1.18. The van der Waals surface area contributed by atoms with Crippen molar-refractivity contribution in [1.82, 2.24) is 9.88 Å². The van der Waals surface area contributed by atoms with Crippen LogP contribution in [-0.2, 0) is 6.54 Å². The number of carboxylic acid groups (broad SMARTS) is 1. The van der Waals surface area contributed by atoms with Crippen molar-refractivity contribution in [3.8, 4) is 0 Å². The van der Waals surface area contributed by atoms with Gasteiger partial charge in [-0.25, -0.2) is 4.79 Å². The molecule has 0 saturated heterocycles. The lowest BCUT2D eigenvalue weighted by molar-refractivity contribution is 0.0696. The Morgan fingerprint density at radius 1 is 1.47 bits per heavy atom. The Morgan fingerprint density at radius 2 is 2.26 bits per heavy atom. The number of rotatable bonds is 4. The van der Waals surface area contributed by atoms with Crippen molar-refractivity contribution in [2.75, 3.05) is 7.05 Å². The van der Waals surface area contributed by atoms with Gasteiger partial charge in [0.2, 0.25) is 0 Å². The normalized spacial score (nSPS) is 23.5. The lowest BCUT2D eigenvalue weighted by Gasteiger charge is -2.33. The fourth-order valence-electron chi connectivity index (χ4n) is 2.83. The van der Waals surface area contributed by atoms with Gasteiger partial charge in [0.15, 0.2) is 0 Å². The molecule has 4 nitrogen and oxygen atoms in total. The fraction of sp³-hybridized carbons (Fsp3) is 0.600. The van der Waals surface area contributed by atoms with Gasteiger partial charge in [-0.15, -0.1) is 0 Å². The van der Waals surface area contributed by atoms with Crippen LogP contribution in [0.1, 0.15) is 48.7 Å². The van der Waals surface area contributed by atoms with E-state index in [2.05, 4.69) is 23.9 Å². The standard InChI is InChI=1S/C15H22N2O2/c1-11-4-3-5-14(8-11)17(2)10-13-7-6-12(9-16-13)15(18)19/h6-7,9,11,14H,3-5,8,10H2,1-2H3,(H,18,19). The van der Waals surface area contributed by atoms with Crippen molar-refractivity contribution in [1.29, 1.82) is 0 Å². The van der Waals surface area contributed by atoms with Crippen molar-refractivity contribution in [3.63, 3.8) is 0 Å². The maximum absolute atomic E-state index is 10.8. The van der Waals surface area contributed by atoms with Crippen molar-refractivity contribution in [3.05, 3.63) is 29.6 Å². The number of hydrogen-bond acceptors (Lipinski definition) is 3. The van der Waals surface area contributed by atoms with Crippen LogP contribution in [0.4, 0.5) is 0 Å². The van der Waals surface area contributed by atoms with Crippen LogP contribution in [0.25, 0.3) is 0 Å². The summed E-state index contributed by atoms with van der Waals surface area (Å²) in [5.74, 6) is -0.114. The van der Waals surface area contributed by atoms with Crippen LogP contribution in [0, 0.1) is 5.92 Å². The number of pyridine rings is 1. The zero-order valence-corrected chi connectivity index (χ0v) is 11.7. The van der Waals surface area contributed by atoms with Gasteiger partial charge in [0.25, 0.3) is 0 Å². The molecule has 104 valence electrons. The highest BCUT2D eigenvalue weighted by Gasteiger charge is 2.22. The smallest absolute Gasteiger partial charge is 0.337 e. The predicted molar refractivity (Wildman–Crippen MR) is 74.1 cm³/mol. The average molecular weight is 262 g/mol. The maximum atomic E-state index is 10.8. The van der Waals surface area contributed by atoms with Crippen molar-refractivity contribution >= 4 is 5.97 Å². The Kier molecular flexibility index (Phi) is 4.53. The van der Waals surface area contributed by atoms with Gasteiger partial charge in [-0.05, 0) is 37.9 Å². The van der Waals surface area contributed by atoms with Gasteiger partial charge in [0.05, 0.1) is 11.3 Å². The third-order valence-electron chi connectivity index (χ3n) is 4.02. The topological polar surface area (TPSA) is 53.4 Å². The molecular formula is C15H22N2O2. The molecule has 19 heavy (non-hydrogen) atoms. The quantitative estimate of drug-likeness (QED) is 0.906. The first-order valence-corrected chi connectivity index (χ1v) is 6.94. The minimum atomic E-state index is -0.923. The van der Waals surface area contributed by atoms with Crippen molar-refractivity contribution in [2.24, 2.45) is 5.92 Å². The third-order valence-corrected chi connectivity index (χ3v) is 4.02. The van der Waals surface area contributed by atoms with Crippen molar-refractivity contribution < 1.29 is 9.90 Å². The Hall–Kier alpha value is -1.42. The Labute approximate surface area is 114 Å². The number of aromatic nitrogens is 1. The minimum absolute atomic E-state index is 0.248. The maximum Gasteiger partial charge on any atom is 0.337 e. The van der Waals surface area contributed by atoms with Gasteiger partial charge in [-0.1, -0.05) is 19.8 Å². The Morgan fingerprint density at radius 3 is 2.84 bits per heavy atom. The van der Waals surface area contributed by atoms with Gasteiger partial charge < -0.3 is 5.11 Å². The lowest BCUT2D eigenvalue weighted by Crippen LogP contribution is -2.35. The summed E-state index contributed by atoms with van der Waals surface area (Å²) < 4.78 is 0. The van der Waals surface area contributed by atoms with Crippen LogP contribution < -0.4 is 0 Å². The summed E-state index contributed by atoms with van der Waals surface area (Å²) in [6.45, 7) is 3.11. The SMILES string of the molecule is CC1CCCC(N(C)Cc2ccc(C(=O)O)cn2)C1. The molecule has 1 aromatic heterocycles. The van der Waals surface area contributed by atoms with E-state index in [1.807, 2.05) is 6.07 Å². The summed E-state index contributed by atoms with van der Waals surface area (Å²) in [7, 11) is 2.13. The van der Waals surface area contributed by atoms with E-state index in [1.54, 1.807) is 6.07 Å². The predicted octanol–water partition coefficient (Wildman–Crippen LogP) is 2.79. The molecule has 1 saturated carbocycles. The average Bonchev–Trinajstić information content (AvgIpc) is 2.39. The highest BCUT2D eigenvalue weighted by atomic mass is 16.4. The summed E-state index contributed by atoms with van der Waals surface area (Å²) in [6, 6.07) is 4.07. The Balaban J connectivity index is 1.94. The second-order valence-electron chi connectivity index (χ2n) is 5.68. The highest BCUT2D eigenvalue weighted by Crippen LogP contribution is 2.27. The van der Waals surface area contributed by atoms with E-state index in [0.717, 1.165) is 18.2 Å². The van der Waals surface area contributed by atoms with Crippen LogP contribution in [0.15, 0.2) is 18.3 Å². The zero-order chi connectivity index (χ0) is 13.8. The van der Waals surface area contributed by atoms with Crippen LogP contribution in [0.2, 0.25) is 0 Å². The van der Waals surface area contributed by atoms with Crippen LogP contribution >= 0.6 is 0 Å². The molecule has 2 rings (SSSR count). The second kappa shape index (κ2) is 6.15. The molecule has 0 bridgehead atoms.